The van der Waals surface area contributed by atoms with Crippen molar-refractivity contribution in [2.24, 2.45) is 0 Å². The van der Waals surface area contributed by atoms with Crippen LogP contribution in [0.25, 0.3) is 0 Å². The molecule has 1 aromatic rings. The second-order valence-corrected chi connectivity index (χ2v) is 6.67. The summed E-state index contributed by atoms with van der Waals surface area (Å²) in [5.74, 6) is 0. The van der Waals surface area contributed by atoms with Crippen molar-refractivity contribution >= 4 is 13.3 Å². The Kier molecular flexibility index (Phi) is 6.05. The molecule has 1 rings (SSSR count). The molecule has 4 nitrogen and oxygen atoms in total. The molecule has 108 valence electrons. The molecule has 0 saturated carbocycles. The molecular weight excluding hydrogens is 261 g/mol. The molecule has 0 amide bonds. The third-order valence-corrected chi connectivity index (χ3v) is 4.83. The first-order chi connectivity index (χ1) is 8.91. The average molecular weight is 285 g/mol. The molecule has 0 unspecified atom stereocenters. The molecule has 1 aromatic carbocycles. The van der Waals surface area contributed by atoms with E-state index in [-0.39, 0.29) is 0 Å². The molecule has 19 heavy (non-hydrogen) atoms. The van der Waals surface area contributed by atoms with E-state index in [0.29, 0.717) is 19.4 Å². The van der Waals surface area contributed by atoms with E-state index >= 15 is 0 Å². The summed E-state index contributed by atoms with van der Waals surface area (Å²) in [6.45, 7) is 6.49. The Hall–Kier alpha value is -0.830. The van der Waals surface area contributed by atoms with Crippen molar-refractivity contribution < 1.29 is 13.6 Å². The van der Waals surface area contributed by atoms with Crippen molar-refractivity contribution in [1.29, 1.82) is 0 Å². The zero-order valence-electron chi connectivity index (χ0n) is 12.5. The minimum absolute atomic E-state index is 0.323. The van der Waals surface area contributed by atoms with Crippen LogP contribution < -0.4 is 4.90 Å². The maximum absolute atomic E-state index is 12.5. The fourth-order valence-corrected chi connectivity index (χ4v) is 3.75. The highest BCUT2D eigenvalue weighted by atomic mass is 31.2. The van der Waals surface area contributed by atoms with Crippen LogP contribution in [0.4, 0.5) is 5.69 Å². The molecule has 0 aromatic heterocycles. The zero-order valence-corrected chi connectivity index (χ0v) is 13.4. The number of anilines is 1. The monoisotopic (exact) mass is 285 g/mol. The summed E-state index contributed by atoms with van der Waals surface area (Å²) in [7, 11) is 1.00. The van der Waals surface area contributed by atoms with Gasteiger partial charge in [-0.25, -0.2) is 0 Å². The van der Waals surface area contributed by atoms with Crippen LogP contribution in [-0.4, -0.2) is 27.3 Å². The molecule has 0 aliphatic carbocycles. The number of hydrogen-bond donors (Lipinski definition) is 0. The lowest BCUT2D eigenvalue weighted by Gasteiger charge is -2.19. The van der Waals surface area contributed by atoms with E-state index in [2.05, 4.69) is 4.90 Å². The lowest BCUT2D eigenvalue weighted by molar-refractivity contribution is 0.219. The summed E-state index contributed by atoms with van der Waals surface area (Å²) >= 11 is 0. The maximum Gasteiger partial charge on any atom is 0.335 e. The normalized spacial score (nSPS) is 11.6. The van der Waals surface area contributed by atoms with Crippen LogP contribution in [-0.2, 0) is 19.8 Å². The Balaban J connectivity index is 2.92. The third kappa shape index (κ3) is 4.64. The summed E-state index contributed by atoms with van der Waals surface area (Å²) in [6.07, 6.45) is 0.323. The Morgan fingerprint density at radius 1 is 1.16 bits per heavy atom. The second kappa shape index (κ2) is 7.09. The van der Waals surface area contributed by atoms with Crippen LogP contribution in [0.5, 0.6) is 0 Å². The van der Waals surface area contributed by atoms with Gasteiger partial charge >= 0.3 is 7.60 Å². The summed E-state index contributed by atoms with van der Waals surface area (Å²) in [5.41, 5.74) is 3.29. The van der Waals surface area contributed by atoms with Crippen LogP contribution in [0.15, 0.2) is 18.2 Å². The number of rotatable bonds is 7. The smallest absolute Gasteiger partial charge is 0.335 e. The fraction of sp³-hybridized carbons (Fsp3) is 0.571. The first-order valence-corrected chi connectivity index (χ1v) is 8.29. The van der Waals surface area contributed by atoms with E-state index in [4.69, 9.17) is 9.05 Å². The quantitative estimate of drug-likeness (QED) is 0.714. The number of benzene rings is 1. The van der Waals surface area contributed by atoms with E-state index in [1.165, 1.54) is 0 Å². The molecule has 5 heteroatoms. The van der Waals surface area contributed by atoms with Crippen LogP contribution in [0.1, 0.15) is 25.0 Å². The topological polar surface area (TPSA) is 38.8 Å². The lowest BCUT2D eigenvalue weighted by Crippen LogP contribution is -2.10. The van der Waals surface area contributed by atoms with Gasteiger partial charge in [-0.15, -0.1) is 0 Å². The van der Waals surface area contributed by atoms with E-state index in [1.54, 1.807) is 0 Å². The Morgan fingerprint density at radius 2 is 1.74 bits per heavy atom. The van der Waals surface area contributed by atoms with Crippen molar-refractivity contribution in [3.05, 3.63) is 29.3 Å². The molecular formula is C14H24NO3P. The van der Waals surface area contributed by atoms with Gasteiger partial charge in [0, 0.05) is 19.8 Å². The lowest BCUT2D eigenvalue weighted by atomic mass is 10.1. The predicted octanol–water partition coefficient (Wildman–Crippen LogP) is 3.83. The second-order valence-electron chi connectivity index (χ2n) is 4.62. The summed E-state index contributed by atoms with van der Waals surface area (Å²) in [4.78, 5) is 2.06. The molecule has 0 aliphatic rings. The number of nitrogens with zero attached hydrogens (tertiary/aromatic N) is 1. The molecule has 0 spiro atoms. The predicted molar refractivity (Wildman–Crippen MR) is 80.1 cm³/mol. The van der Waals surface area contributed by atoms with Crippen LogP contribution in [0.3, 0.4) is 0 Å². The highest BCUT2D eigenvalue weighted by Gasteiger charge is 2.24. The Bertz CT molecular complexity index is 450. The number of aryl methyl sites for hydroxylation is 1. The molecule has 0 atom stereocenters. The van der Waals surface area contributed by atoms with Gasteiger partial charge in [0.25, 0.3) is 0 Å². The minimum atomic E-state index is -3.01. The number of hydrogen-bond acceptors (Lipinski definition) is 4. The first kappa shape index (κ1) is 16.2. The van der Waals surface area contributed by atoms with E-state index < -0.39 is 7.60 Å². The first-order valence-electron chi connectivity index (χ1n) is 6.57. The average Bonchev–Trinajstić information content (AvgIpc) is 2.28. The molecule has 0 fully saturated rings. The zero-order chi connectivity index (χ0) is 14.5. The molecule has 0 radical (unpaired) electrons. The van der Waals surface area contributed by atoms with Crippen molar-refractivity contribution in [2.45, 2.75) is 26.9 Å². The summed E-state index contributed by atoms with van der Waals surface area (Å²) < 4.78 is 23.1. The van der Waals surface area contributed by atoms with Gasteiger partial charge in [0.2, 0.25) is 0 Å². The SMILES string of the molecule is CCOP(=O)(Cc1ccc(N(C)C)c(C)c1)OCC. The van der Waals surface area contributed by atoms with Gasteiger partial charge in [0.05, 0.1) is 19.4 Å². The van der Waals surface area contributed by atoms with Crippen molar-refractivity contribution in [3.8, 4) is 0 Å². The molecule has 0 bridgehead atoms. The van der Waals surface area contributed by atoms with E-state index in [9.17, 15) is 4.57 Å². The van der Waals surface area contributed by atoms with Gasteiger partial charge in [-0.2, -0.15) is 0 Å². The van der Waals surface area contributed by atoms with Crippen molar-refractivity contribution in [2.75, 3.05) is 32.2 Å². The maximum atomic E-state index is 12.5. The van der Waals surface area contributed by atoms with Gasteiger partial charge in [-0.1, -0.05) is 12.1 Å². The Labute approximate surface area is 116 Å². The van der Waals surface area contributed by atoms with Gasteiger partial charge in [0.15, 0.2) is 0 Å². The van der Waals surface area contributed by atoms with Crippen molar-refractivity contribution in [3.63, 3.8) is 0 Å². The molecule has 0 saturated heterocycles. The minimum Gasteiger partial charge on any atom is -0.377 e. The van der Waals surface area contributed by atoms with Gasteiger partial charge in [0.1, 0.15) is 0 Å². The third-order valence-electron chi connectivity index (χ3n) is 2.77. The highest BCUT2D eigenvalue weighted by molar-refractivity contribution is 7.53. The Morgan fingerprint density at radius 3 is 2.16 bits per heavy atom. The largest absolute Gasteiger partial charge is 0.377 e. The molecule has 0 N–H and O–H groups in total. The van der Waals surface area contributed by atoms with E-state index in [0.717, 1.165) is 16.8 Å². The van der Waals surface area contributed by atoms with Crippen LogP contribution in [0, 0.1) is 6.92 Å². The standard InChI is InChI=1S/C14H24NO3P/c1-6-17-19(16,18-7-2)11-13-8-9-14(15(4)5)12(3)10-13/h8-10H,6-7,11H2,1-5H3. The van der Waals surface area contributed by atoms with Crippen molar-refractivity contribution in [1.82, 2.24) is 0 Å². The van der Waals surface area contributed by atoms with Crippen LogP contribution >= 0.6 is 7.60 Å². The van der Waals surface area contributed by atoms with Gasteiger partial charge in [-0.3, -0.25) is 4.57 Å². The van der Waals surface area contributed by atoms with Gasteiger partial charge < -0.3 is 13.9 Å². The van der Waals surface area contributed by atoms with Crippen LogP contribution in [0.2, 0.25) is 0 Å². The van der Waals surface area contributed by atoms with E-state index in [1.807, 2.05) is 53.1 Å². The highest BCUT2D eigenvalue weighted by Crippen LogP contribution is 2.51. The molecule has 0 aliphatic heterocycles. The van der Waals surface area contributed by atoms with Gasteiger partial charge in [-0.05, 0) is 38.0 Å². The summed E-state index contributed by atoms with van der Waals surface area (Å²) in [5, 5.41) is 0. The fourth-order valence-electron chi connectivity index (χ4n) is 2.06. The summed E-state index contributed by atoms with van der Waals surface area (Å²) in [6, 6.07) is 6.06. The molecule has 0 heterocycles.